The summed E-state index contributed by atoms with van der Waals surface area (Å²) in [6.07, 6.45) is 3.81. The van der Waals surface area contributed by atoms with E-state index in [1.54, 1.807) is 0 Å². The van der Waals surface area contributed by atoms with Gasteiger partial charge in [-0.25, -0.2) is 0 Å². The van der Waals surface area contributed by atoms with Gasteiger partial charge in [0, 0.05) is 12.6 Å². The number of hydrogen-bond acceptors (Lipinski definition) is 3. The molecule has 0 spiro atoms. The van der Waals surface area contributed by atoms with Crippen LogP contribution in [-0.4, -0.2) is 63.2 Å². The normalized spacial score (nSPS) is 13.7. The van der Waals surface area contributed by atoms with Crippen molar-refractivity contribution in [3.63, 3.8) is 0 Å². The molecule has 1 unspecified atom stereocenters. The van der Waals surface area contributed by atoms with Crippen molar-refractivity contribution in [3.05, 3.63) is 0 Å². The molecular weight excluding hydrogens is 198 g/mol. The van der Waals surface area contributed by atoms with Crippen molar-refractivity contribution < 1.29 is 0 Å². The summed E-state index contributed by atoms with van der Waals surface area (Å²) in [6, 6.07) is 0.666. The summed E-state index contributed by atoms with van der Waals surface area (Å²) in [6.45, 7) is 9.09. The van der Waals surface area contributed by atoms with Crippen molar-refractivity contribution in [2.24, 2.45) is 0 Å². The van der Waals surface area contributed by atoms with E-state index in [-0.39, 0.29) is 0 Å². The summed E-state index contributed by atoms with van der Waals surface area (Å²) in [5.41, 5.74) is 0. The molecule has 3 nitrogen and oxygen atoms in total. The Balaban J connectivity index is 3.67. The maximum atomic E-state index is 3.56. The van der Waals surface area contributed by atoms with Crippen molar-refractivity contribution in [2.75, 3.05) is 47.3 Å². The smallest absolute Gasteiger partial charge is 0.0194 e. The van der Waals surface area contributed by atoms with Gasteiger partial charge in [0.2, 0.25) is 0 Å². The quantitative estimate of drug-likeness (QED) is 0.614. The monoisotopic (exact) mass is 229 g/mol. The van der Waals surface area contributed by atoms with Crippen LogP contribution in [0.3, 0.4) is 0 Å². The van der Waals surface area contributed by atoms with E-state index in [4.69, 9.17) is 0 Å². The highest BCUT2D eigenvalue weighted by Crippen LogP contribution is 2.00. The first-order valence-electron chi connectivity index (χ1n) is 6.66. The topological polar surface area (TPSA) is 18.5 Å². The van der Waals surface area contributed by atoms with E-state index in [2.05, 4.69) is 50.1 Å². The van der Waals surface area contributed by atoms with Gasteiger partial charge in [0.1, 0.15) is 0 Å². The minimum absolute atomic E-state index is 0.666. The number of hydrogen-bond donors (Lipinski definition) is 1. The van der Waals surface area contributed by atoms with E-state index >= 15 is 0 Å². The summed E-state index contributed by atoms with van der Waals surface area (Å²) in [5, 5.41) is 3.56. The fourth-order valence-corrected chi connectivity index (χ4v) is 2.02. The highest BCUT2D eigenvalue weighted by Gasteiger charge is 2.09. The molecule has 0 rings (SSSR count). The maximum absolute atomic E-state index is 3.56. The first kappa shape index (κ1) is 15.9. The lowest BCUT2D eigenvalue weighted by Gasteiger charge is -2.25. The van der Waals surface area contributed by atoms with E-state index in [1.165, 1.54) is 38.9 Å². The lowest BCUT2D eigenvalue weighted by Crippen LogP contribution is -2.40. The molecule has 0 saturated carbocycles. The lowest BCUT2D eigenvalue weighted by atomic mass is 10.1. The van der Waals surface area contributed by atoms with Crippen molar-refractivity contribution in [2.45, 2.75) is 39.2 Å². The zero-order valence-electron chi connectivity index (χ0n) is 11.9. The van der Waals surface area contributed by atoms with E-state index in [0.29, 0.717) is 6.04 Å². The second kappa shape index (κ2) is 10.1. The largest absolute Gasteiger partial charge is 0.313 e. The summed E-state index contributed by atoms with van der Waals surface area (Å²) < 4.78 is 0. The van der Waals surface area contributed by atoms with Gasteiger partial charge in [0.15, 0.2) is 0 Å². The van der Waals surface area contributed by atoms with Gasteiger partial charge in [-0.2, -0.15) is 0 Å². The molecule has 0 saturated heterocycles. The molecule has 3 heteroatoms. The van der Waals surface area contributed by atoms with E-state index < -0.39 is 0 Å². The third-order valence-electron chi connectivity index (χ3n) is 2.81. The molecule has 0 aromatic carbocycles. The highest BCUT2D eigenvalue weighted by molar-refractivity contribution is 4.69. The van der Waals surface area contributed by atoms with Crippen LogP contribution in [0.15, 0.2) is 0 Å². The summed E-state index contributed by atoms with van der Waals surface area (Å²) >= 11 is 0. The first-order chi connectivity index (χ1) is 7.60. The van der Waals surface area contributed by atoms with Gasteiger partial charge in [-0.3, -0.25) is 0 Å². The highest BCUT2D eigenvalue weighted by atomic mass is 15.1. The van der Waals surface area contributed by atoms with Gasteiger partial charge < -0.3 is 15.1 Å². The van der Waals surface area contributed by atoms with Crippen molar-refractivity contribution in [1.29, 1.82) is 0 Å². The van der Waals surface area contributed by atoms with Crippen LogP contribution in [0.2, 0.25) is 0 Å². The Morgan fingerprint density at radius 2 is 1.75 bits per heavy atom. The van der Waals surface area contributed by atoms with Gasteiger partial charge in [-0.15, -0.1) is 0 Å². The van der Waals surface area contributed by atoms with E-state index in [0.717, 1.165) is 6.54 Å². The molecule has 0 fully saturated rings. The van der Waals surface area contributed by atoms with Crippen LogP contribution >= 0.6 is 0 Å². The SMILES string of the molecule is CCCC(CN(C)CCCN(C)C)NCC. The standard InChI is InChI=1S/C13H31N3/c1-6-9-13(14-7-2)12-16(5)11-8-10-15(3)4/h13-14H,6-12H2,1-5H3. The van der Waals surface area contributed by atoms with E-state index in [9.17, 15) is 0 Å². The number of rotatable bonds is 10. The van der Waals surface area contributed by atoms with Gasteiger partial charge in [0.25, 0.3) is 0 Å². The molecule has 0 aliphatic heterocycles. The van der Waals surface area contributed by atoms with Crippen molar-refractivity contribution in [3.8, 4) is 0 Å². The number of nitrogens with one attached hydrogen (secondary N) is 1. The van der Waals surface area contributed by atoms with Crippen LogP contribution < -0.4 is 5.32 Å². The average Bonchev–Trinajstić information content (AvgIpc) is 2.17. The minimum atomic E-state index is 0.666. The number of nitrogens with zero attached hydrogens (tertiary/aromatic N) is 2. The van der Waals surface area contributed by atoms with Crippen LogP contribution in [0.1, 0.15) is 33.1 Å². The molecule has 0 bridgehead atoms. The van der Waals surface area contributed by atoms with E-state index in [1.807, 2.05) is 0 Å². The molecule has 1 N–H and O–H groups in total. The molecular formula is C13H31N3. The Morgan fingerprint density at radius 1 is 1.06 bits per heavy atom. The van der Waals surface area contributed by atoms with Gasteiger partial charge >= 0.3 is 0 Å². The molecule has 0 aromatic rings. The summed E-state index contributed by atoms with van der Waals surface area (Å²) in [4.78, 5) is 4.70. The fourth-order valence-electron chi connectivity index (χ4n) is 2.02. The van der Waals surface area contributed by atoms with Gasteiger partial charge in [-0.1, -0.05) is 20.3 Å². The number of likely N-dealkylation sites (N-methyl/N-ethyl adjacent to an activating group) is 2. The Bertz CT molecular complexity index is 142. The third kappa shape index (κ3) is 9.13. The third-order valence-corrected chi connectivity index (χ3v) is 2.81. The van der Waals surface area contributed by atoms with Crippen LogP contribution in [0.5, 0.6) is 0 Å². The second-order valence-electron chi connectivity index (χ2n) is 4.96. The molecule has 0 heterocycles. The minimum Gasteiger partial charge on any atom is -0.313 e. The molecule has 0 aliphatic carbocycles. The zero-order chi connectivity index (χ0) is 12.4. The van der Waals surface area contributed by atoms with Gasteiger partial charge in [-0.05, 0) is 53.6 Å². The zero-order valence-corrected chi connectivity index (χ0v) is 11.9. The first-order valence-corrected chi connectivity index (χ1v) is 6.66. The average molecular weight is 229 g/mol. The van der Waals surface area contributed by atoms with Crippen LogP contribution in [0.4, 0.5) is 0 Å². The van der Waals surface area contributed by atoms with Crippen LogP contribution in [-0.2, 0) is 0 Å². The predicted molar refractivity (Wildman–Crippen MR) is 73.0 cm³/mol. The van der Waals surface area contributed by atoms with Gasteiger partial charge in [0.05, 0.1) is 0 Å². The Labute approximate surface area is 102 Å². The lowest BCUT2D eigenvalue weighted by molar-refractivity contribution is 0.264. The van der Waals surface area contributed by atoms with Crippen LogP contribution in [0.25, 0.3) is 0 Å². The molecule has 0 radical (unpaired) electrons. The summed E-state index contributed by atoms with van der Waals surface area (Å²) in [5.74, 6) is 0. The van der Waals surface area contributed by atoms with Crippen molar-refractivity contribution >= 4 is 0 Å². The Morgan fingerprint density at radius 3 is 2.25 bits per heavy atom. The molecule has 98 valence electrons. The Kier molecular flexibility index (Phi) is 9.99. The Hall–Kier alpha value is -0.120. The second-order valence-corrected chi connectivity index (χ2v) is 4.96. The molecule has 0 amide bonds. The fraction of sp³-hybridized carbons (Fsp3) is 1.00. The van der Waals surface area contributed by atoms with Crippen molar-refractivity contribution in [1.82, 2.24) is 15.1 Å². The van der Waals surface area contributed by atoms with Crippen LogP contribution in [0, 0.1) is 0 Å². The predicted octanol–water partition coefficient (Wildman–Crippen LogP) is 1.65. The molecule has 0 aliphatic rings. The molecule has 1 atom stereocenters. The molecule has 0 aromatic heterocycles. The maximum Gasteiger partial charge on any atom is 0.0194 e. The molecule has 16 heavy (non-hydrogen) atoms. The summed E-state index contributed by atoms with van der Waals surface area (Å²) in [7, 11) is 6.51.